The van der Waals surface area contributed by atoms with Crippen LogP contribution in [-0.4, -0.2) is 168 Å². The van der Waals surface area contributed by atoms with Gasteiger partial charge < -0.3 is 38.8 Å². The molecule has 4 aliphatic heterocycles. The van der Waals surface area contributed by atoms with Crippen molar-refractivity contribution in [1.82, 2.24) is 40.0 Å². The predicted molar refractivity (Wildman–Crippen MR) is 282 cm³/mol. The summed E-state index contributed by atoms with van der Waals surface area (Å²) < 4.78 is 37.7. The van der Waals surface area contributed by atoms with Gasteiger partial charge >= 0.3 is 5.97 Å². The zero-order valence-electron chi connectivity index (χ0n) is 46.0. The van der Waals surface area contributed by atoms with Crippen LogP contribution in [0.25, 0.3) is 22.2 Å². The number of alkyl halides is 1. The Balaban J connectivity index is 1.21. The number of rotatable bonds is 10. The number of anilines is 1. The lowest BCUT2D eigenvalue weighted by atomic mass is 9.84. The molecule has 6 bridgehead atoms. The SMILES string of the molecule is CCn1c(-c2cccnc2[C@H](C)OC)c2c3cc(ccc31)N1CCO[C@@](C)(CC(NC(=O)[C@H](C(C)C)N(C)C(=O)C3(F)CCN(C(=O)C#CC(C)(C)N(C)C)CC3)C(=O)N3CCC[C@H](N3)C(=O)OCC(C)(C)C2)C1. The van der Waals surface area contributed by atoms with E-state index in [2.05, 4.69) is 77.1 Å². The third kappa shape index (κ3) is 11.9. The number of ether oxygens (including phenoxy) is 3. The zero-order valence-corrected chi connectivity index (χ0v) is 46.0. The summed E-state index contributed by atoms with van der Waals surface area (Å²) >= 11 is 0. The lowest BCUT2D eigenvalue weighted by Crippen LogP contribution is -2.64. The Labute approximate surface area is 437 Å². The number of hydrogen-bond acceptors (Lipinski definition) is 12. The summed E-state index contributed by atoms with van der Waals surface area (Å²) in [6, 6.07) is 7.32. The maximum absolute atomic E-state index is 16.8. The predicted octanol–water partition coefficient (Wildman–Crippen LogP) is 5.68. The molecule has 0 aliphatic carbocycles. The van der Waals surface area contributed by atoms with Crippen molar-refractivity contribution in [2.75, 3.05) is 79.1 Å². The van der Waals surface area contributed by atoms with Gasteiger partial charge in [-0.15, -0.1) is 0 Å². The number of amides is 4. The molecule has 4 amide bonds. The molecule has 17 nitrogen and oxygen atoms in total. The molecule has 3 aromatic rings. The highest BCUT2D eigenvalue weighted by Crippen LogP contribution is 2.42. The summed E-state index contributed by atoms with van der Waals surface area (Å²) in [5, 5.41) is 5.45. The average Bonchev–Trinajstić information content (AvgIpc) is 3.67. The highest BCUT2D eigenvalue weighted by atomic mass is 19.1. The van der Waals surface area contributed by atoms with Crippen molar-refractivity contribution in [3.63, 3.8) is 0 Å². The molecular weight excluding hydrogens is 946 g/mol. The smallest absolute Gasteiger partial charge is 0.324 e. The van der Waals surface area contributed by atoms with Crippen LogP contribution in [0, 0.1) is 23.2 Å². The number of aromatic nitrogens is 2. The number of pyridine rings is 1. The Bertz CT molecular complexity index is 2650. The number of morpholine rings is 1. The third-order valence-electron chi connectivity index (χ3n) is 15.7. The quantitative estimate of drug-likeness (QED) is 0.189. The number of benzene rings is 1. The molecule has 1 aromatic carbocycles. The molecule has 2 N–H and O–H groups in total. The summed E-state index contributed by atoms with van der Waals surface area (Å²) in [6.45, 7) is 19.8. The second-order valence-corrected chi connectivity index (χ2v) is 22.9. The molecule has 0 spiro atoms. The number of cyclic esters (lactones) is 1. The summed E-state index contributed by atoms with van der Waals surface area (Å²) in [4.78, 5) is 82.6. The maximum Gasteiger partial charge on any atom is 0.324 e. The minimum Gasteiger partial charge on any atom is -0.464 e. The lowest BCUT2D eigenvalue weighted by molar-refractivity contribution is -0.157. The molecule has 6 heterocycles. The fourth-order valence-corrected chi connectivity index (χ4v) is 10.9. The average molecular weight is 1030 g/mol. The van der Waals surface area contributed by atoms with Crippen molar-refractivity contribution in [3.05, 3.63) is 47.8 Å². The lowest BCUT2D eigenvalue weighted by Gasteiger charge is -2.44. The van der Waals surface area contributed by atoms with Crippen LogP contribution in [0.3, 0.4) is 0 Å². The standard InChI is InChI=1S/C56H80FN9O8/c1-14-65-44-20-19-38-31-40(44)41(48(65)39-17-15-25-58-46(39)37(4)72-13)32-53(5,6)35-73-51(70)42-18-16-26-66(60-42)50(69)43(33-55(9)34-64(38)29-30-74-55)59-49(68)47(36(2)3)62(12)52(71)56(57)23-27-63(28-24-56)45(67)21-22-54(7,8)61(10)11/h15,17,19-20,25,31,36-37,42-43,47,60H,14,16,18,23-24,26-30,32-35H2,1-13H3,(H,59,68)/t37-,42-,43?,47-,55-/m0/s1. The van der Waals surface area contributed by atoms with E-state index >= 15 is 4.39 Å². The number of nitrogens with zero attached hydrogens (tertiary/aromatic N) is 7. The summed E-state index contributed by atoms with van der Waals surface area (Å²) in [6.07, 6.45) is 2.51. The van der Waals surface area contributed by atoms with Crippen molar-refractivity contribution < 1.29 is 42.6 Å². The van der Waals surface area contributed by atoms with E-state index in [1.54, 1.807) is 27.2 Å². The van der Waals surface area contributed by atoms with Gasteiger partial charge in [-0.2, -0.15) is 0 Å². The number of esters is 1. The molecule has 3 saturated heterocycles. The number of hydrogen-bond donors (Lipinski definition) is 2. The number of likely N-dealkylation sites (tertiary alicyclic amines) is 1. The molecule has 4 aliphatic rings. The van der Waals surface area contributed by atoms with Crippen LogP contribution in [0.15, 0.2) is 36.5 Å². The van der Waals surface area contributed by atoms with Crippen molar-refractivity contribution >= 4 is 46.2 Å². The van der Waals surface area contributed by atoms with Crippen LogP contribution < -0.4 is 15.6 Å². The van der Waals surface area contributed by atoms with Gasteiger partial charge in [0.1, 0.15) is 18.1 Å². The van der Waals surface area contributed by atoms with Gasteiger partial charge in [0.25, 0.3) is 17.7 Å². The second-order valence-electron chi connectivity index (χ2n) is 22.9. The van der Waals surface area contributed by atoms with Gasteiger partial charge in [0.15, 0.2) is 5.67 Å². The summed E-state index contributed by atoms with van der Waals surface area (Å²) in [5.41, 5.74) is 4.65. The number of fused-ring (bicyclic) bond motifs is 6. The van der Waals surface area contributed by atoms with Gasteiger partial charge in [0.05, 0.1) is 41.8 Å². The molecule has 0 saturated carbocycles. The molecule has 3 fully saturated rings. The van der Waals surface area contributed by atoms with E-state index in [0.717, 1.165) is 44.0 Å². The van der Waals surface area contributed by atoms with Gasteiger partial charge in [-0.05, 0) is 116 Å². The van der Waals surface area contributed by atoms with Crippen LogP contribution in [0.1, 0.15) is 112 Å². The first-order valence-corrected chi connectivity index (χ1v) is 26.3. The molecule has 74 heavy (non-hydrogen) atoms. The number of carbonyl (C=O) groups excluding carboxylic acids is 5. The van der Waals surface area contributed by atoms with Crippen LogP contribution in [0.2, 0.25) is 0 Å². The van der Waals surface area contributed by atoms with Crippen molar-refractivity contribution in [1.29, 1.82) is 0 Å². The number of carbonyl (C=O) groups is 5. The molecule has 404 valence electrons. The first-order valence-electron chi connectivity index (χ1n) is 26.3. The van der Waals surface area contributed by atoms with Crippen molar-refractivity contribution in [3.8, 4) is 23.1 Å². The van der Waals surface area contributed by atoms with E-state index < -0.39 is 75.9 Å². The third-order valence-corrected chi connectivity index (χ3v) is 15.7. The molecule has 1 unspecified atom stereocenters. The highest BCUT2D eigenvalue weighted by molar-refractivity contribution is 5.97. The summed E-state index contributed by atoms with van der Waals surface area (Å²) in [5.74, 6) is 2.25. The van der Waals surface area contributed by atoms with Crippen molar-refractivity contribution in [2.24, 2.45) is 11.3 Å². The van der Waals surface area contributed by atoms with E-state index in [-0.39, 0.29) is 51.6 Å². The van der Waals surface area contributed by atoms with Gasteiger partial charge in [-0.3, -0.25) is 38.9 Å². The van der Waals surface area contributed by atoms with E-state index in [4.69, 9.17) is 19.2 Å². The number of nitrogens with one attached hydrogen (secondary N) is 2. The molecular formula is C56H80FN9O8. The van der Waals surface area contributed by atoms with E-state index in [1.807, 2.05) is 52.8 Å². The maximum atomic E-state index is 16.8. The van der Waals surface area contributed by atoms with Gasteiger partial charge in [0.2, 0.25) is 5.91 Å². The van der Waals surface area contributed by atoms with Gasteiger partial charge in [-0.1, -0.05) is 33.6 Å². The van der Waals surface area contributed by atoms with Crippen LogP contribution in [0.5, 0.6) is 0 Å². The largest absolute Gasteiger partial charge is 0.464 e. The van der Waals surface area contributed by atoms with E-state index in [0.29, 0.717) is 45.5 Å². The Morgan fingerprint density at radius 1 is 1.05 bits per heavy atom. The van der Waals surface area contributed by atoms with Crippen LogP contribution in [0.4, 0.5) is 10.1 Å². The number of methoxy groups -OCH3 is 1. The monoisotopic (exact) mass is 1030 g/mol. The molecule has 5 atom stereocenters. The number of hydrazine groups is 1. The summed E-state index contributed by atoms with van der Waals surface area (Å²) in [7, 11) is 6.83. The second kappa shape index (κ2) is 22.3. The number of aryl methyl sites for hydroxylation is 1. The highest BCUT2D eigenvalue weighted by Gasteiger charge is 2.48. The minimum absolute atomic E-state index is 0.0200. The fourth-order valence-electron chi connectivity index (χ4n) is 10.9. The Morgan fingerprint density at radius 3 is 2.43 bits per heavy atom. The molecule has 0 radical (unpaired) electrons. The Hall–Kier alpha value is -5.61. The van der Waals surface area contributed by atoms with Crippen LogP contribution >= 0.6 is 0 Å². The molecule has 7 rings (SSSR count). The first-order chi connectivity index (χ1) is 34.8. The molecule has 18 heteroatoms. The Kier molecular flexibility index (Phi) is 16.9. The minimum atomic E-state index is -2.34. The molecule has 2 aromatic heterocycles. The zero-order chi connectivity index (χ0) is 54.1. The topological polar surface area (TPSA) is 171 Å². The normalized spacial score (nSPS) is 23.4. The van der Waals surface area contributed by atoms with E-state index in [1.165, 1.54) is 17.0 Å². The van der Waals surface area contributed by atoms with Crippen LogP contribution in [-0.2, 0) is 51.1 Å². The van der Waals surface area contributed by atoms with Gasteiger partial charge in [0, 0.05) is 106 Å². The number of likely N-dealkylation sites (N-methyl/N-ethyl adjacent to an activating group) is 1. The number of halogens is 1. The van der Waals surface area contributed by atoms with E-state index in [9.17, 15) is 24.0 Å². The number of piperidine rings is 1. The van der Waals surface area contributed by atoms with Gasteiger partial charge in [-0.25, -0.2) is 9.82 Å². The van der Waals surface area contributed by atoms with Crippen molar-refractivity contribution in [2.45, 2.75) is 148 Å². The first kappa shape index (κ1) is 56.1. The fraction of sp³-hybridized carbons (Fsp3) is 0.643. The Morgan fingerprint density at radius 2 is 1.77 bits per heavy atom.